The van der Waals surface area contributed by atoms with Gasteiger partial charge in [-0.1, -0.05) is 13.8 Å². The Hall–Kier alpha value is -0.570. The van der Waals surface area contributed by atoms with E-state index in [-0.39, 0.29) is 18.0 Å². The summed E-state index contributed by atoms with van der Waals surface area (Å²) in [5.74, 6) is 0.683. The first kappa shape index (κ1) is 13.5. The van der Waals surface area contributed by atoms with Crippen molar-refractivity contribution in [3.63, 3.8) is 0 Å². The van der Waals surface area contributed by atoms with Crippen molar-refractivity contribution in [2.24, 2.45) is 11.8 Å². The molecule has 1 saturated heterocycles. The summed E-state index contributed by atoms with van der Waals surface area (Å²) in [4.78, 5) is 11.9. The predicted molar refractivity (Wildman–Crippen MR) is 65.2 cm³/mol. The molecule has 3 nitrogen and oxygen atoms in total. The molecule has 3 atom stereocenters. The molecule has 0 amide bonds. The van der Waals surface area contributed by atoms with Gasteiger partial charge in [-0.2, -0.15) is 0 Å². The summed E-state index contributed by atoms with van der Waals surface area (Å²) in [5.41, 5.74) is 0. The average Bonchev–Trinajstić information content (AvgIpc) is 2.16. The van der Waals surface area contributed by atoms with E-state index in [0.29, 0.717) is 12.0 Å². The fourth-order valence-corrected chi connectivity index (χ4v) is 2.35. The molecule has 3 unspecified atom stereocenters. The Morgan fingerprint density at radius 3 is 2.69 bits per heavy atom. The molecule has 1 aliphatic heterocycles. The first-order chi connectivity index (χ1) is 7.49. The van der Waals surface area contributed by atoms with Crippen LogP contribution in [0.3, 0.4) is 0 Å². The maximum Gasteiger partial charge on any atom is 0.309 e. The number of ether oxygens (including phenoxy) is 1. The van der Waals surface area contributed by atoms with Crippen molar-refractivity contribution in [2.75, 3.05) is 6.54 Å². The van der Waals surface area contributed by atoms with Gasteiger partial charge in [0.25, 0.3) is 0 Å². The minimum absolute atomic E-state index is 0.00139. The molecule has 0 radical (unpaired) electrons. The number of carbonyl (C=O) groups excluding carboxylic acids is 1. The van der Waals surface area contributed by atoms with Crippen molar-refractivity contribution >= 4 is 5.97 Å². The molecule has 1 heterocycles. The molecular weight excluding hydrogens is 202 g/mol. The third-order valence-corrected chi connectivity index (χ3v) is 3.08. The molecule has 1 rings (SSSR count). The lowest BCUT2D eigenvalue weighted by Crippen LogP contribution is -2.39. The fraction of sp³-hybridized carbons (Fsp3) is 0.923. The molecule has 0 aromatic heterocycles. The SMILES string of the molecule is CC(C)CC(C)OC(=O)C1CCNC(C)C1. The Kier molecular flexibility index (Phi) is 5.26. The zero-order valence-electron chi connectivity index (χ0n) is 11.0. The molecule has 0 spiro atoms. The maximum atomic E-state index is 11.9. The number of hydrogen-bond donors (Lipinski definition) is 1. The first-order valence-corrected chi connectivity index (χ1v) is 6.43. The van der Waals surface area contributed by atoms with Gasteiger partial charge in [0.05, 0.1) is 12.0 Å². The highest BCUT2D eigenvalue weighted by molar-refractivity contribution is 5.72. The highest BCUT2D eigenvalue weighted by atomic mass is 16.5. The fourth-order valence-electron chi connectivity index (χ4n) is 2.35. The van der Waals surface area contributed by atoms with Crippen molar-refractivity contribution in [2.45, 2.75) is 59.1 Å². The van der Waals surface area contributed by atoms with Crippen LogP contribution in [0.2, 0.25) is 0 Å². The van der Waals surface area contributed by atoms with Crippen LogP contribution in [0.4, 0.5) is 0 Å². The second kappa shape index (κ2) is 6.24. The Morgan fingerprint density at radius 1 is 1.44 bits per heavy atom. The van der Waals surface area contributed by atoms with Crippen molar-refractivity contribution in [1.29, 1.82) is 0 Å². The normalized spacial score (nSPS) is 27.8. The standard InChI is InChI=1S/C13H25NO2/c1-9(2)7-11(4)16-13(15)12-5-6-14-10(3)8-12/h9-12,14H,5-8H2,1-4H3. The minimum atomic E-state index is 0.00139. The second-order valence-corrected chi connectivity index (χ2v) is 5.45. The van der Waals surface area contributed by atoms with E-state index in [1.165, 1.54) is 0 Å². The van der Waals surface area contributed by atoms with E-state index in [9.17, 15) is 4.79 Å². The predicted octanol–water partition coefficient (Wildman–Crippen LogP) is 2.35. The summed E-state index contributed by atoms with van der Waals surface area (Å²) in [6, 6.07) is 0.437. The summed E-state index contributed by atoms with van der Waals surface area (Å²) in [6.07, 6.45) is 2.83. The van der Waals surface area contributed by atoms with E-state index in [1.807, 2.05) is 6.92 Å². The summed E-state index contributed by atoms with van der Waals surface area (Å²) in [7, 11) is 0. The zero-order chi connectivity index (χ0) is 12.1. The average molecular weight is 227 g/mol. The number of esters is 1. The van der Waals surface area contributed by atoms with Crippen LogP contribution in [-0.2, 0) is 9.53 Å². The van der Waals surface area contributed by atoms with Crippen LogP contribution in [-0.4, -0.2) is 24.7 Å². The van der Waals surface area contributed by atoms with Gasteiger partial charge in [0.2, 0.25) is 0 Å². The molecule has 0 aliphatic carbocycles. The van der Waals surface area contributed by atoms with E-state index >= 15 is 0 Å². The Balaban J connectivity index is 2.33. The smallest absolute Gasteiger partial charge is 0.309 e. The minimum Gasteiger partial charge on any atom is -0.462 e. The van der Waals surface area contributed by atoms with Gasteiger partial charge in [0.15, 0.2) is 0 Å². The lowest BCUT2D eigenvalue weighted by Gasteiger charge is -2.27. The quantitative estimate of drug-likeness (QED) is 0.749. The summed E-state index contributed by atoms with van der Waals surface area (Å²) in [5, 5.41) is 3.34. The van der Waals surface area contributed by atoms with Crippen LogP contribution >= 0.6 is 0 Å². The van der Waals surface area contributed by atoms with Gasteiger partial charge in [-0.3, -0.25) is 4.79 Å². The van der Waals surface area contributed by atoms with E-state index in [0.717, 1.165) is 25.8 Å². The van der Waals surface area contributed by atoms with E-state index < -0.39 is 0 Å². The van der Waals surface area contributed by atoms with Gasteiger partial charge in [0.1, 0.15) is 0 Å². The molecule has 1 N–H and O–H groups in total. The van der Waals surface area contributed by atoms with Crippen LogP contribution in [0.5, 0.6) is 0 Å². The third-order valence-electron chi connectivity index (χ3n) is 3.08. The van der Waals surface area contributed by atoms with E-state index in [2.05, 4.69) is 26.1 Å². The molecular formula is C13H25NO2. The van der Waals surface area contributed by atoms with Crippen molar-refractivity contribution in [1.82, 2.24) is 5.32 Å². The molecule has 1 fully saturated rings. The number of nitrogens with one attached hydrogen (secondary N) is 1. The molecule has 0 saturated carbocycles. The molecule has 0 bridgehead atoms. The van der Waals surface area contributed by atoms with Gasteiger partial charge < -0.3 is 10.1 Å². The number of carbonyl (C=O) groups is 1. The number of hydrogen-bond acceptors (Lipinski definition) is 3. The zero-order valence-corrected chi connectivity index (χ0v) is 11.0. The topological polar surface area (TPSA) is 38.3 Å². The summed E-state index contributed by atoms with van der Waals surface area (Å²) in [6.45, 7) is 9.34. The molecule has 16 heavy (non-hydrogen) atoms. The summed E-state index contributed by atoms with van der Waals surface area (Å²) >= 11 is 0. The van der Waals surface area contributed by atoms with Gasteiger partial charge >= 0.3 is 5.97 Å². The van der Waals surface area contributed by atoms with Crippen molar-refractivity contribution in [3.05, 3.63) is 0 Å². The van der Waals surface area contributed by atoms with E-state index in [1.54, 1.807) is 0 Å². The first-order valence-electron chi connectivity index (χ1n) is 6.43. The van der Waals surface area contributed by atoms with Crippen LogP contribution in [0.25, 0.3) is 0 Å². The van der Waals surface area contributed by atoms with Gasteiger partial charge in [-0.05, 0) is 45.6 Å². The van der Waals surface area contributed by atoms with Gasteiger partial charge in [-0.25, -0.2) is 0 Å². The van der Waals surface area contributed by atoms with Gasteiger partial charge in [0, 0.05) is 6.04 Å². The molecule has 1 aliphatic rings. The lowest BCUT2D eigenvalue weighted by atomic mass is 9.93. The van der Waals surface area contributed by atoms with E-state index in [4.69, 9.17) is 4.74 Å². The molecule has 0 aromatic rings. The molecule has 3 heteroatoms. The number of rotatable bonds is 4. The van der Waals surface area contributed by atoms with Crippen LogP contribution in [0.15, 0.2) is 0 Å². The molecule has 0 aromatic carbocycles. The number of piperidine rings is 1. The third kappa shape index (κ3) is 4.52. The largest absolute Gasteiger partial charge is 0.462 e. The Labute approximate surface area is 98.9 Å². The Morgan fingerprint density at radius 2 is 2.12 bits per heavy atom. The van der Waals surface area contributed by atoms with Gasteiger partial charge in [-0.15, -0.1) is 0 Å². The lowest BCUT2D eigenvalue weighted by molar-refractivity contribution is -0.155. The monoisotopic (exact) mass is 227 g/mol. The highest BCUT2D eigenvalue weighted by Gasteiger charge is 2.27. The maximum absolute atomic E-state index is 11.9. The summed E-state index contributed by atoms with van der Waals surface area (Å²) < 4.78 is 5.48. The Bertz CT molecular complexity index is 228. The van der Waals surface area contributed by atoms with Crippen molar-refractivity contribution in [3.8, 4) is 0 Å². The second-order valence-electron chi connectivity index (χ2n) is 5.45. The van der Waals surface area contributed by atoms with Crippen LogP contribution in [0.1, 0.15) is 47.0 Å². The molecule has 94 valence electrons. The van der Waals surface area contributed by atoms with Crippen LogP contribution < -0.4 is 5.32 Å². The van der Waals surface area contributed by atoms with Crippen molar-refractivity contribution < 1.29 is 9.53 Å². The highest BCUT2D eigenvalue weighted by Crippen LogP contribution is 2.19. The van der Waals surface area contributed by atoms with Crippen LogP contribution in [0, 0.1) is 11.8 Å².